The molecule has 1 aromatic heterocycles. The number of nitrogens with zero attached hydrogens (tertiary/aromatic N) is 1. The second kappa shape index (κ2) is 5.92. The lowest BCUT2D eigenvalue weighted by molar-refractivity contribution is -0.147. The van der Waals surface area contributed by atoms with Crippen LogP contribution in [0.15, 0.2) is 4.90 Å². The summed E-state index contributed by atoms with van der Waals surface area (Å²) in [6.45, 7) is 6.59. The van der Waals surface area contributed by atoms with Crippen molar-refractivity contribution in [3.63, 3.8) is 0 Å². The van der Waals surface area contributed by atoms with Crippen LogP contribution in [0.5, 0.6) is 0 Å². The lowest BCUT2D eigenvalue weighted by Crippen LogP contribution is -2.52. The number of sulfonamides is 1. The van der Waals surface area contributed by atoms with E-state index in [1.165, 1.54) is 14.0 Å². The Kier molecular flexibility index (Phi) is 4.93. The molecule has 0 amide bonds. The van der Waals surface area contributed by atoms with Crippen LogP contribution in [0.25, 0.3) is 0 Å². The highest BCUT2D eigenvalue weighted by atomic mass is 32.2. The molecule has 0 fully saturated rings. The summed E-state index contributed by atoms with van der Waals surface area (Å²) in [6, 6.07) is 0. The topological polar surface area (TPSA) is 101 Å². The van der Waals surface area contributed by atoms with Gasteiger partial charge in [-0.25, -0.2) is 8.42 Å². The molecule has 1 aromatic rings. The molecule has 114 valence electrons. The first-order chi connectivity index (χ1) is 9.18. The van der Waals surface area contributed by atoms with Gasteiger partial charge in [-0.2, -0.15) is 9.82 Å². The zero-order chi connectivity index (χ0) is 15.6. The second-order valence-corrected chi connectivity index (χ2v) is 6.56. The molecule has 0 aliphatic rings. The molecule has 0 radical (unpaired) electrons. The van der Waals surface area contributed by atoms with Crippen molar-refractivity contribution in [1.82, 2.24) is 14.9 Å². The van der Waals surface area contributed by atoms with Crippen LogP contribution in [-0.4, -0.2) is 37.2 Å². The van der Waals surface area contributed by atoms with E-state index in [2.05, 4.69) is 14.9 Å². The summed E-state index contributed by atoms with van der Waals surface area (Å²) in [5, 5.41) is 6.48. The highest BCUT2D eigenvalue weighted by Gasteiger charge is 2.39. The number of esters is 1. The maximum absolute atomic E-state index is 12.5. The van der Waals surface area contributed by atoms with Crippen molar-refractivity contribution in [3.05, 3.63) is 11.4 Å². The average molecular weight is 303 g/mol. The van der Waals surface area contributed by atoms with Gasteiger partial charge < -0.3 is 4.74 Å². The summed E-state index contributed by atoms with van der Waals surface area (Å²) in [5.41, 5.74) is -0.504. The summed E-state index contributed by atoms with van der Waals surface area (Å²) >= 11 is 0. The quantitative estimate of drug-likeness (QED) is 0.765. The molecule has 1 heterocycles. The molecule has 0 saturated heterocycles. The molecule has 0 spiro atoms. The van der Waals surface area contributed by atoms with Gasteiger partial charge in [0.15, 0.2) is 0 Å². The van der Waals surface area contributed by atoms with Gasteiger partial charge in [-0.3, -0.25) is 9.89 Å². The first-order valence-corrected chi connectivity index (χ1v) is 7.80. The molecule has 0 aliphatic carbocycles. The number of ether oxygens (including phenoxy) is 1. The Bertz CT molecular complexity index is 574. The van der Waals surface area contributed by atoms with Crippen molar-refractivity contribution >= 4 is 16.0 Å². The molecule has 0 aromatic carbocycles. The van der Waals surface area contributed by atoms with Crippen LogP contribution in [0.3, 0.4) is 0 Å². The van der Waals surface area contributed by atoms with E-state index in [0.29, 0.717) is 24.2 Å². The number of methoxy groups -OCH3 is 1. The molecule has 2 N–H and O–H groups in total. The molecule has 1 atom stereocenters. The first-order valence-electron chi connectivity index (χ1n) is 6.32. The Morgan fingerprint density at radius 1 is 1.45 bits per heavy atom. The van der Waals surface area contributed by atoms with E-state index in [-0.39, 0.29) is 4.90 Å². The van der Waals surface area contributed by atoms with Crippen molar-refractivity contribution in [3.8, 4) is 0 Å². The van der Waals surface area contributed by atoms with Gasteiger partial charge in [-0.05, 0) is 27.2 Å². The minimum Gasteiger partial charge on any atom is -0.468 e. The monoisotopic (exact) mass is 303 g/mol. The standard InChI is InChI=1S/C12H21N3O4S/c1-6-7-12(4,11(16)19-5)15-20(17,18)10-8(2)13-14-9(10)3/h15H,6-7H2,1-5H3,(H,13,14). The highest BCUT2D eigenvalue weighted by Crippen LogP contribution is 2.22. The summed E-state index contributed by atoms with van der Waals surface area (Å²) in [6.07, 6.45) is 0.978. The van der Waals surface area contributed by atoms with E-state index in [1.54, 1.807) is 13.8 Å². The van der Waals surface area contributed by atoms with Gasteiger partial charge in [0, 0.05) is 0 Å². The van der Waals surface area contributed by atoms with E-state index in [4.69, 9.17) is 4.74 Å². The number of hydrogen-bond donors (Lipinski definition) is 2. The molecule has 20 heavy (non-hydrogen) atoms. The molecule has 0 saturated carbocycles. The van der Waals surface area contributed by atoms with Crippen molar-refractivity contribution in [1.29, 1.82) is 0 Å². The molecule has 0 bridgehead atoms. The van der Waals surface area contributed by atoms with Gasteiger partial charge in [0.25, 0.3) is 0 Å². The number of carbonyl (C=O) groups excluding carboxylic acids is 1. The third-order valence-electron chi connectivity index (χ3n) is 3.07. The third kappa shape index (κ3) is 3.18. The SMILES string of the molecule is CCCC(C)(NS(=O)(=O)c1c(C)n[nH]c1C)C(=O)OC. The van der Waals surface area contributed by atoms with Crippen LogP contribution in [0.1, 0.15) is 38.1 Å². The van der Waals surface area contributed by atoms with Crippen molar-refractivity contribution < 1.29 is 17.9 Å². The van der Waals surface area contributed by atoms with E-state index < -0.39 is 21.5 Å². The normalized spacial score (nSPS) is 14.8. The van der Waals surface area contributed by atoms with Crippen molar-refractivity contribution in [2.24, 2.45) is 0 Å². The first kappa shape index (κ1) is 16.6. The number of H-pyrrole nitrogens is 1. The number of aryl methyl sites for hydroxylation is 2. The number of carbonyl (C=O) groups is 1. The lowest BCUT2D eigenvalue weighted by atomic mass is 9.98. The van der Waals surface area contributed by atoms with Gasteiger partial charge in [-0.1, -0.05) is 13.3 Å². The minimum atomic E-state index is -3.86. The van der Waals surface area contributed by atoms with Crippen LogP contribution >= 0.6 is 0 Å². The Hall–Kier alpha value is -1.41. The molecular formula is C12H21N3O4S. The highest BCUT2D eigenvalue weighted by molar-refractivity contribution is 7.89. The Labute approximate surface area is 119 Å². The fourth-order valence-electron chi connectivity index (χ4n) is 2.20. The molecule has 0 aliphatic heterocycles. The smallest absolute Gasteiger partial charge is 0.326 e. The van der Waals surface area contributed by atoms with Crippen LogP contribution in [0, 0.1) is 13.8 Å². The van der Waals surface area contributed by atoms with E-state index in [1.807, 2.05) is 6.92 Å². The summed E-state index contributed by atoms with van der Waals surface area (Å²) in [4.78, 5) is 11.9. The van der Waals surface area contributed by atoms with Crippen molar-refractivity contribution in [2.75, 3.05) is 7.11 Å². The van der Waals surface area contributed by atoms with Gasteiger partial charge in [0.1, 0.15) is 10.4 Å². The number of nitrogens with one attached hydrogen (secondary N) is 2. The van der Waals surface area contributed by atoms with Crippen LogP contribution in [-0.2, 0) is 19.6 Å². The second-order valence-electron chi connectivity index (χ2n) is 4.94. The zero-order valence-electron chi connectivity index (χ0n) is 12.4. The fourth-order valence-corrected chi connectivity index (χ4v) is 3.97. The van der Waals surface area contributed by atoms with Gasteiger partial charge in [0.05, 0.1) is 18.5 Å². The van der Waals surface area contributed by atoms with Gasteiger partial charge in [0.2, 0.25) is 10.0 Å². The molecule has 8 heteroatoms. The van der Waals surface area contributed by atoms with E-state index >= 15 is 0 Å². The molecule has 1 unspecified atom stereocenters. The number of hydrogen-bond acceptors (Lipinski definition) is 5. The molecule has 7 nitrogen and oxygen atoms in total. The lowest BCUT2D eigenvalue weighted by Gasteiger charge is -2.27. The predicted octanol–water partition coefficient (Wildman–Crippen LogP) is 1.04. The van der Waals surface area contributed by atoms with Crippen molar-refractivity contribution in [2.45, 2.75) is 51.0 Å². The Morgan fingerprint density at radius 2 is 2.05 bits per heavy atom. The Morgan fingerprint density at radius 3 is 2.45 bits per heavy atom. The maximum atomic E-state index is 12.5. The summed E-state index contributed by atoms with van der Waals surface area (Å²) < 4.78 is 32.1. The van der Waals surface area contributed by atoms with Crippen LogP contribution in [0.2, 0.25) is 0 Å². The largest absolute Gasteiger partial charge is 0.468 e. The maximum Gasteiger partial charge on any atom is 0.326 e. The van der Waals surface area contributed by atoms with Crippen LogP contribution < -0.4 is 4.72 Å². The van der Waals surface area contributed by atoms with Gasteiger partial charge in [-0.15, -0.1) is 0 Å². The number of aromatic amines is 1. The molecular weight excluding hydrogens is 282 g/mol. The number of aromatic nitrogens is 2. The number of rotatable bonds is 6. The average Bonchev–Trinajstić information content (AvgIpc) is 2.68. The summed E-state index contributed by atoms with van der Waals surface area (Å²) in [5.74, 6) is -0.610. The minimum absolute atomic E-state index is 0.0729. The van der Waals surface area contributed by atoms with Crippen LogP contribution in [0.4, 0.5) is 0 Å². The Balaban J connectivity index is 3.20. The summed E-state index contributed by atoms with van der Waals surface area (Å²) in [7, 11) is -2.62. The molecule has 1 rings (SSSR count). The fraction of sp³-hybridized carbons (Fsp3) is 0.667. The van der Waals surface area contributed by atoms with E-state index in [0.717, 1.165) is 0 Å². The zero-order valence-corrected chi connectivity index (χ0v) is 13.2. The third-order valence-corrected chi connectivity index (χ3v) is 4.93. The predicted molar refractivity (Wildman–Crippen MR) is 73.7 cm³/mol. The van der Waals surface area contributed by atoms with E-state index in [9.17, 15) is 13.2 Å². The van der Waals surface area contributed by atoms with Gasteiger partial charge >= 0.3 is 5.97 Å².